The molecule has 2 rings (SSSR count). The van der Waals surface area contributed by atoms with Crippen LogP contribution < -0.4 is 11.1 Å². The highest BCUT2D eigenvalue weighted by atomic mass is 79.9. The Bertz CT molecular complexity index is 461. The van der Waals surface area contributed by atoms with Crippen molar-refractivity contribution < 1.29 is 4.79 Å². The fourth-order valence-electron chi connectivity index (χ4n) is 2.80. The van der Waals surface area contributed by atoms with E-state index in [0.29, 0.717) is 17.3 Å². The molecule has 1 aliphatic rings. The van der Waals surface area contributed by atoms with Crippen LogP contribution in [0.1, 0.15) is 49.4 Å². The smallest absolute Gasteiger partial charge is 0.253 e. The second-order valence-corrected chi connectivity index (χ2v) is 6.26. The van der Waals surface area contributed by atoms with E-state index in [-0.39, 0.29) is 5.91 Å². The maximum absolute atomic E-state index is 12.2. The van der Waals surface area contributed by atoms with Gasteiger partial charge >= 0.3 is 0 Å². The first kappa shape index (κ1) is 14.4. The van der Waals surface area contributed by atoms with Gasteiger partial charge in [-0.25, -0.2) is 0 Å². The molecule has 104 valence electrons. The third-order valence-electron chi connectivity index (χ3n) is 3.95. The zero-order chi connectivity index (χ0) is 13.8. The zero-order valence-corrected chi connectivity index (χ0v) is 12.9. The minimum Gasteiger partial charge on any atom is -0.398 e. The number of nitrogen functional groups attached to an aromatic ring is 1. The minimum atomic E-state index is -0.0493. The summed E-state index contributed by atoms with van der Waals surface area (Å²) >= 11 is 3.35. The zero-order valence-electron chi connectivity index (χ0n) is 11.3. The number of carbonyl (C=O) groups is 1. The molecular weight excluding hydrogens is 304 g/mol. The van der Waals surface area contributed by atoms with Crippen molar-refractivity contribution in [1.82, 2.24) is 5.32 Å². The molecule has 1 saturated carbocycles. The van der Waals surface area contributed by atoms with Gasteiger partial charge in [-0.3, -0.25) is 4.79 Å². The van der Waals surface area contributed by atoms with Crippen LogP contribution in [0.5, 0.6) is 0 Å². The summed E-state index contributed by atoms with van der Waals surface area (Å²) in [5.41, 5.74) is 6.98. The van der Waals surface area contributed by atoms with Gasteiger partial charge in [0, 0.05) is 16.2 Å². The van der Waals surface area contributed by atoms with Gasteiger partial charge in [-0.1, -0.05) is 42.1 Å². The molecule has 1 amide bonds. The van der Waals surface area contributed by atoms with Crippen LogP contribution in [0.2, 0.25) is 0 Å². The number of nitrogens with two attached hydrogens (primary N) is 1. The molecule has 2 unspecified atom stereocenters. The van der Waals surface area contributed by atoms with Crippen molar-refractivity contribution in [3.05, 3.63) is 28.2 Å². The molecule has 0 saturated heterocycles. The van der Waals surface area contributed by atoms with Crippen LogP contribution in [0, 0.1) is 5.92 Å². The molecule has 0 radical (unpaired) electrons. The normalized spacial score (nSPS) is 23.1. The lowest BCUT2D eigenvalue weighted by Crippen LogP contribution is -2.38. The van der Waals surface area contributed by atoms with Crippen LogP contribution in [0.3, 0.4) is 0 Å². The maximum Gasteiger partial charge on any atom is 0.253 e. The Morgan fingerprint density at radius 3 is 2.95 bits per heavy atom. The van der Waals surface area contributed by atoms with Gasteiger partial charge < -0.3 is 11.1 Å². The van der Waals surface area contributed by atoms with Crippen molar-refractivity contribution in [3.8, 4) is 0 Å². The van der Waals surface area contributed by atoms with Crippen molar-refractivity contribution in [2.24, 2.45) is 5.92 Å². The topological polar surface area (TPSA) is 55.1 Å². The molecule has 1 fully saturated rings. The average molecular weight is 325 g/mol. The molecule has 3 N–H and O–H groups in total. The van der Waals surface area contributed by atoms with Gasteiger partial charge in [0.2, 0.25) is 0 Å². The number of nitrogens with one attached hydrogen (secondary N) is 1. The molecule has 1 aromatic rings. The number of benzene rings is 1. The number of hydrogen-bond acceptors (Lipinski definition) is 2. The number of amides is 1. The highest BCUT2D eigenvalue weighted by molar-refractivity contribution is 9.10. The molecule has 4 heteroatoms. The lowest BCUT2D eigenvalue weighted by Gasteiger charge is -2.29. The van der Waals surface area contributed by atoms with Crippen molar-refractivity contribution in [2.45, 2.75) is 45.1 Å². The Labute approximate surface area is 123 Å². The maximum atomic E-state index is 12.2. The summed E-state index contributed by atoms with van der Waals surface area (Å²) < 4.78 is 0.894. The number of hydrogen-bond donors (Lipinski definition) is 2. The molecule has 1 aliphatic carbocycles. The molecule has 3 nitrogen and oxygen atoms in total. The Morgan fingerprint density at radius 1 is 1.47 bits per heavy atom. The van der Waals surface area contributed by atoms with Crippen LogP contribution >= 0.6 is 15.9 Å². The summed E-state index contributed by atoms with van der Waals surface area (Å²) in [5, 5.41) is 3.13. The van der Waals surface area contributed by atoms with Gasteiger partial charge in [-0.05, 0) is 37.0 Å². The van der Waals surface area contributed by atoms with Gasteiger partial charge in [-0.2, -0.15) is 0 Å². The summed E-state index contributed by atoms with van der Waals surface area (Å²) in [7, 11) is 0. The van der Waals surface area contributed by atoms with E-state index in [2.05, 4.69) is 28.2 Å². The first-order valence-corrected chi connectivity index (χ1v) is 7.75. The lowest BCUT2D eigenvalue weighted by molar-refractivity contribution is 0.0920. The SMILES string of the molecule is CCC1CCCC(NC(=O)c2ccc(Br)cc2N)C1. The quantitative estimate of drug-likeness (QED) is 0.832. The molecule has 0 bridgehead atoms. The predicted octanol–water partition coefficient (Wildman–Crippen LogP) is 3.73. The largest absolute Gasteiger partial charge is 0.398 e. The van der Waals surface area contributed by atoms with E-state index in [1.165, 1.54) is 19.3 Å². The van der Waals surface area contributed by atoms with E-state index in [4.69, 9.17) is 5.73 Å². The van der Waals surface area contributed by atoms with Gasteiger partial charge in [-0.15, -0.1) is 0 Å². The highest BCUT2D eigenvalue weighted by Crippen LogP contribution is 2.27. The summed E-state index contributed by atoms with van der Waals surface area (Å²) in [6.45, 7) is 2.22. The standard InChI is InChI=1S/C15H21BrN2O/c1-2-10-4-3-5-12(8-10)18-15(19)13-7-6-11(16)9-14(13)17/h6-7,9-10,12H,2-5,8,17H2,1H3,(H,18,19). The van der Waals surface area contributed by atoms with Crippen molar-refractivity contribution >= 4 is 27.5 Å². The minimum absolute atomic E-state index is 0.0493. The van der Waals surface area contributed by atoms with Crippen LogP contribution in [-0.4, -0.2) is 11.9 Å². The predicted molar refractivity (Wildman–Crippen MR) is 82.1 cm³/mol. The van der Waals surface area contributed by atoms with Gasteiger partial charge in [0.1, 0.15) is 0 Å². The van der Waals surface area contributed by atoms with E-state index in [1.54, 1.807) is 12.1 Å². The number of rotatable bonds is 3. The lowest BCUT2D eigenvalue weighted by atomic mass is 9.84. The van der Waals surface area contributed by atoms with Crippen LogP contribution in [0.25, 0.3) is 0 Å². The third-order valence-corrected chi connectivity index (χ3v) is 4.45. The second kappa shape index (κ2) is 6.42. The monoisotopic (exact) mass is 324 g/mol. The number of anilines is 1. The molecule has 0 spiro atoms. The van der Waals surface area contributed by atoms with E-state index < -0.39 is 0 Å². The molecule has 0 aromatic heterocycles. The van der Waals surface area contributed by atoms with Gasteiger partial charge in [0.15, 0.2) is 0 Å². The second-order valence-electron chi connectivity index (χ2n) is 5.34. The van der Waals surface area contributed by atoms with Crippen LogP contribution in [0.4, 0.5) is 5.69 Å². The van der Waals surface area contributed by atoms with E-state index in [9.17, 15) is 4.79 Å². The Kier molecular flexibility index (Phi) is 4.86. The van der Waals surface area contributed by atoms with Crippen molar-refractivity contribution in [2.75, 3.05) is 5.73 Å². The Hall–Kier alpha value is -1.03. The summed E-state index contributed by atoms with van der Waals surface area (Å²) in [6, 6.07) is 5.69. The first-order valence-electron chi connectivity index (χ1n) is 6.96. The van der Waals surface area contributed by atoms with Crippen molar-refractivity contribution in [3.63, 3.8) is 0 Å². The molecule has 2 atom stereocenters. The summed E-state index contributed by atoms with van der Waals surface area (Å²) in [4.78, 5) is 12.2. The molecule has 19 heavy (non-hydrogen) atoms. The van der Waals surface area contributed by atoms with Crippen LogP contribution in [0.15, 0.2) is 22.7 Å². The number of carbonyl (C=O) groups excluding carboxylic acids is 1. The Morgan fingerprint density at radius 2 is 2.26 bits per heavy atom. The summed E-state index contributed by atoms with van der Waals surface area (Å²) in [6.07, 6.45) is 5.88. The number of halogens is 1. The average Bonchev–Trinajstić information content (AvgIpc) is 2.38. The fourth-order valence-corrected chi connectivity index (χ4v) is 3.18. The molecule has 0 heterocycles. The van der Waals surface area contributed by atoms with E-state index >= 15 is 0 Å². The molecule has 0 aliphatic heterocycles. The highest BCUT2D eigenvalue weighted by Gasteiger charge is 2.23. The van der Waals surface area contributed by atoms with E-state index in [1.807, 2.05) is 6.07 Å². The van der Waals surface area contributed by atoms with Gasteiger partial charge in [0.05, 0.1) is 5.56 Å². The van der Waals surface area contributed by atoms with E-state index in [0.717, 1.165) is 23.2 Å². The molecular formula is C15H21BrN2O. The van der Waals surface area contributed by atoms with Crippen LogP contribution in [-0.2, 0) is 0 Å². The fraction of sp³-hybridized carbons (Fsp3) is 0.533. The summed E-state index contributed by atoms with van der Waals surface area (Å²) in [5.74, 6) is 0.702. The van der Waals surface area contributed by atoms with Crippen molar-refractivity contribution in [1.29, 1.82) is 0 Å². The Balaban J connectivity index is 2.00. The third kappa shape index (κ3) is 3.72. The first-order chi connectivity index (χ1) is 9.10. The van der Waals surface area contributed by atoms with Gasteiger partial charge in [0.25, 0.3) is 5.91 Å². The molecule has 1 aromatic carbocycles.